The number of thiophene rings is 1. The minimum absolute atomic E-state index is 0.597. The molecule has 0 aliphatic carbocycles. The third kappa shape index (κ3) is 1.29. The maximum absolute atomic E-state index is 3.57. The summed E-state index contributed by atoms with van der Waals surface area (Å²) in [5.41, 5.74) is 1.54. The number of fused-ring (bicyclic) bond motifs is 1. The van der Waals surface area contributed by atoms with Crippen LogP contribution >= 0.6 is 11.3 Å². The van der Waals surface area contributed by atoms with Crippen molar-refractivity contribution >= 4 is 11.3 Å². The molecule has 0 fully saturated rings. The smallest absolute Gasteiger partial charge is 0.0354 e. The van der Waals surface area contributed by atoms with E-state index in [0.717, 1.165) is 6.54 Å². The van der Waals surface area contributed by atoms with Crippen LogP contribution in [0.25, 0.3) is 0 Å². The Balaban J connectivity index is 2.31. The zero-order valence-corrected chi connectivity index (χ0v) is 8.45. The monoisotopic (exact) mass is 181 g/mol. The Kier molecular flexibility index (Phi) is 2.20. The SMILES string of the molecule is CC(C)C1NCCc2sccc21. The van der Waals surface area contributed by atoms with Crippen LogP contribution in [0.4, 0.5) is 0 Å². The Hall–Kier alpha value is -0.340. The number of hydrogen-bond acceptors (Lipinski definition) is 2. The standard InChI is InChI=1S/C10H15NS/c1-7(2)10-8-4-6-12-9(8)3-5-11-10/h4,6-7,10-11H,3,5H2,1-2H3. The van der Waals surface area contributed by atoms with Gasteiger partial charge in [0, 0.05) is 17.5 Å². The van der Waals surface area contributed by atoms with Gasteiger partial charge in [0.15, 0.2) is 0 Å². The van der Waals surface area contributed by atoms with Crippen LogP contribution in [0.5, 0.6) is 0 Å². The third-order valence-corrected chi connectivity index (χ3v) is 3.49. The maximum atomic E-state index is 3.57. The quantitative estimate of drug-likeness (QED) is 0.702. The van der Waals surface area contributed by atoms with E-state index in [1.165, 1.54) is 6.42 Å². The molecule has 2 rings (SSSR count). The second-order valence-corrected chi connectivity index (χ2v) is 4.73. The molecule has 1 nitrogen and oxygen atoms in total. The van der Waals surface area contributed by atoms with Crippen molar-refractivity contribution < 1.29 is 0 Å². The molecule has 1 aromatic heterocycles. The molecule has 1 aliphatic rings. The average Bonchev–Trinajstić information content (AvgIpc) is 2.49. The minimum atomic E-state index is 0.597. The molecular weight excluding hydrogens is 166 g/mol. The Morgan fingerprint density at radius 1 is 1.58 bits per heavy atom. The van der Waals surface area contributed by atoms with Gasteiger partial charge < -0.3 is 5.32 Å². The third-order valence-electron chi connectivity index (χ3n) is 2.50. The van der Waals surface area contributed by atoms with Crippen molar-refractivity contribution in [3.8, 4) is 0 Å². The lowest BCUT2D eigenvalue weighted by molar-refractivity contribution is 0.398. The molecule has 0 aromatic carbocycles. The molecule has 12 heavy (non-hydrogen) atoms. The summed E-state index contributed by atoms with van der Waals surface area (Å²) in [4.78, 5) is 1.59. The van der Waals surface area contributed by atoms with Gasteiger partial charge in [0.05, 0.1) is 0 Å². The van der Waals surface area contributed by atoms with E-state index < -0.39 is 0 Å². The van der Waals surface area contributed by atoms with Gasteiger partial charge in [-0.05, 0) is 29.3 Å². The van der Waals surface area contributed by atoms with Crippen LogP contribution in [-0.2, 0) is 6.42 Å². The molecule has 1 N–H and O–H groups in total. The van der Waals surface area contributed by atoms with Crippen molar-refractivity contribution in [3.63, 3.8) is 0 Å². The highest BCUT2D eigenvalue weighted by Gasteiger charge is 2.22. The maximum Gasteiger partial charge on any atom is 0.0354 e. The first-order valence-electron chi connectivity index (χ1n) is 4.58. The highest BCUT2D eigenvalue weighted by Crippen LogP contribution is 2.31. The second-order valence-electron chi connectivity index (χ2n) is 3.72. The molecule has 1 atom stereocenters. The van der Waals surface area contributed by atoms with Crippen molar-refractivity contribution in [2.24, 2.45) is 5.92 Å². The van der Waals surface area contributed by atoms with Crippen molar-refractivity contribution in [2.45, 2.75) is 26.3 Å². The van der Waals surface area contributed by atoms with Gasteiger partial charge in [0.25, 0.3) is 0 Å². The van der Waals surface area contributed by atoms with Gasteiger partial charge in [-0.2, -0.15) is 0 Å². The van der Waals surface area contributed by atoms with Gasteiger partial charge in [0.1, 0.15) is 0 Å². The number of hydrogen-bond donors (Lipinski definition) is 1. The highest BCUT2D eigenvalue weighted by atomic mass is 32.1. The van der Waals surface area contributed by atoms with Crippen LogP contribution < -0.4 is 5.32 Å². The van der Waals surface area contributed by atoms with Crippen LogP contribution in [-0.4, -0.2) is 6.54 Å². The molecule has 2 heteroatoms. The fraction of sp³-hybridized carbons (Fsp3) is 0.600. The summed E-state index contributed by atoms with van der Waals surface area (Å²) in [6, 6.07) is 2.87. The number of rotatable bonds is 1. The Morgan fingerprint density at radius 2 is 2.42 bits per heavy atom. The van der Waals surface area contributed by atoms with Gasteiger partial charge in [-0.3, -0.25) is 0 Å². The Morgan fingerprint density at radius 3 is 3.17 bits per heavy atom. The number of nitrogens with one attached hydrogen (secondary N) is 1. The van der Waals surface area contributed by atoms with Crippen LogP contribution in [0.1, 0.15) is 30.3 Å². The molecule has 0 bridgehead atoms. The van der Waals surface area contributed by atoms with E-state index in [4.69, 9.17) is 0 Å². The average molecular weight is 181 g/mol. The van der Waals surface area contributed by atoms with Gasteiger partial charge in [0.2, 0.25) is 0 Å². The van der Waals surface area contributed by atoms with Crippen molar-refractivity contribution in [2.75, 3.05) is 6.54 Å². The molecule has 0 spiro atoms. The second kappa shape index (κ2) is 3.19. The molecule has 1 aromatic rings. The molecule has 0 amide bonds. The minimum Gasteiger partial charge on any atom is -0.309 e. The van der Waals surface area contributed by atoms with Gasteiger partial charge >= 0.3 is 0 Å². The topological polar surface area (TPSA) is 12.0 Å². The van der Waals surface area contributed by atoms with E-state index in [1.807, 2.05) is 11.3 Å². The lowest BCUT2D eigenvalue weighted by Crippen LogP contribution is -2.31. The molecule has 1 aliphatic heterocycles. The lowest BCUT2D eigenvalue weighted by Gasteiger charge is -2.27. The zero-order valence-electron chi connectivity index (χ0n) is 7.63. The summed E-state index contributed by atoms with van der Waals surface area (Å²) < 4.78 is 0. The van der Waals surface area contributed by atoms with Crippen LogP contribution in [0.2, 0.25) is 0 Å². The van der Waals surface area contributed by atoms with Gasteiger partial charge in [-0.25, -0.2) is 0 Å². The van der Waals surface area contributed by atoms with Crippen molar-refractivity contribution in [1.29, 1.82) is 0 Å². The molecule has 1 unspecified atom stereocenters. The van der Waals surface area contributed by atoms with E-state index in [1.54, 1.807) is 10.4 Å². The molecule has 0 saturated carbocycles. The molecule has 2 heterocycles. The summed E-state index contributed by atoms with van der Waals surface area (Å²) in [5, 5.41) is 5.78. The van der Waals surface area contributed by atoms with E-state index >= 15 is 0 Å². The first kappa shape index (κ1) is 8.27. The summed E-state index contributed by atoms with van der Waals surface area (Å²) in [6.07, 6.45) is 1.22. The molecular formula is C10H15NS. The van der Waals surface area contributed by atoms with Crippen LogP contribution in [0, 0.1) is 5.92 Å². The molecule has 66 valence electrons. The fourth-order valence-electron chi connectivity index (χ4n) is 1.88. The Bertz CT molecular complexity index is 265. The van der Waals surface area contributed by atoms with Crippen LogP contribution in [0.15, 0.2) is 11.4 Å². The first-order valence-corrected chi connectivity index (χ1v) is 5.46. The lowest BCUT2D eigenvalue weighted by atomic mass is 9.93. The van der Waals surface area contributed by atoms with E-state index in [2.05, 4.69) is 30.6 Å². The van der Waals surface area contributed by atoms with E-state index in [9.17, 15) is 0 Å². The van der Waals surface area contributed by atoms with Crippen LogP contribution in [0.3, 0.4) is 0 Å². The summed E-state index contributed by atoms with van der Waals surface area (Å²) in [6.45, 7) is 5.71. The highest BCUT2D eigenvalue weighted by molar-refractivity contribution is 7.10. The van der Waals surface area contributed by atoms with E-state index in [-0.39, 0.29) is 0 Å². The largest absolute Gasteiger partial charge is 0.309 e. The summed E-state index contributed by atoms with van der Waals surface area (Å²) in [7, 11) is 0. The normalized spacial score (nSPS) is 22.8. The first-order chi connectivity index (χ1) is 5.79. The molecule has 0 saturated heterocycles. The predicted molar refractivity (Wildman–Crippen MR) is 53.6 cm³/mol. The van der Waals surface area contributed by atoms with Gasteiger partial charge in [-0.1, -0.05) is 13.8 Å². The van der Waals surface area contributed by atoms with Crippen molar-refractivity contribution in [1.82, 2.24) is 5.32 Å². The van der Waals surface area contributed by atoms with E-state index in [0.29, 0.717) is 12.0 Å². The summed E-state index contributed by atoms with van der Waals surface area (Å²) in [5.74, 6) is 0.707. The summed E-state index contributed by atoms with van der Waals surface area (Å²) >= 11 is 1.91. The van der Waals surface area contributed by atoms with Crippen molar-refractivity contribution in [3.05, 3.63) is 21.9 Å². The fourth-order valence-corrected chi connectivity index (χ4v) is 2.81. The predicted octanol–water partition coefficient (Wildman–Crippen LogP) is 2.59. The zero-order chi connectivity index (χ0) is 8.55. The molecule has 0 radical (unpaired) electrons. The Labute approximate surface area is 77.8 Å². The van der Waals surface area contributed by atoms with Gasteiger partial charge in [-0.15, -0.1) is 11.3 Å².